The van der Waals surface area contributed by atoms with Crippen molar-refractivity contribution in [2.45, 2.75) is 32.1 Å². The minimum absolute atomic E-state index is 0.111. The van der Waals surface area contributed by atoms with Gasteiger partial charge in [-0.3, -0.25) is 9.52 Å². The maximum Gasteiger partial charge on any atom is 0.262 e. The summed E-state index contributed by atoms with van der Waals surface area (Å²) >= 11 is 0. The van der Waals surface area contributed by atoms with Gasteiger partial charge in [-0.2, -0.15) is 0 Å². The molecule has 4 rings (SSSR count). The summed E-state index contributed by atoms with van der Waals surface area (Å²) in [7, 11) is -3.84. The first kappa shape index (κ1) is 20.2. The van der Waals surface area contributed by atoms with Crippen LogP contribution in [0.3, 0.4) is 0 Å². The molecule has 6 heteroatoms. The molecule has 3 aromatic carbocycles. The van der Waals surface area contributed by atoms with E-state index in [4.69, 9.17) is 0 Å². The van der Waals surface area contributed by atoms with Gasteiger partial charge in [0.25, 0.3) is 15.9 Å². The van der Waals surface area contributed by atoms with Crippen molar-refractivity contribution in [2.24, 2.45) is 0 Å². The van der Waals surface area contributed by atoms with Crippen LogP contribution in [0.2, 0.25) is 0 Å². The highest BCUT2D eigenvalue weighted by Crippen LogP contribution is 2.30. The molecular formula is C24H24N2O3S. The zero-order valence-electron chi connectivity index (χ0n) is 17.3. The average Bonchev–Trinajstić information content (AvgIpc) is 3.10. The number of sulfonamides is 1. The number of fused-ring (bicyclic) bond motifs is 1. The highest BCUT2D eigenvalue weighted by atomic mass is 32.2. The number of rotatable bonds is 4. The van der Waals surface area contributed by atoms with E-state index >= 15 is 0 Å². The largest absolute Gasteiger partial charge is 0.308 e. The quantitative estimate of drug-likeness (QED) is 0.670. The summed E-state index contributed by atoms with van der Waals surface area (Å²) in [5.41, 5.74) is 5.42. The zero-order chi connectivity index (χ0) is 21.5. The summed E-state index contributed by atoms with van der Waals surface area (Å²) in [6.07, 6.45) is 0.799. The standard InChI is InChI=1S/C24H24N2O3S/c1-16-12-17(2)14-21(13-16)25-30(28,29)23-15-20(9-8-18(23)3)24(27)26-11-10-19-6-4-5-7-22(19)26/h4-9,12-15,25H,10-11H2,1-3H3. The molecule has 0 radical (unpaired) electrons. The summed E-state index contributed by atoms with van der Waals surface area (Å²) < 4.78 is 28.9. The number of carbonyl (C=O) groups excluding carboxylic acids is 1. The van der Waals surface area contributed by atoms with Gasteiger partial charge in [0.2, 0.25) is 0 Å². The number of aryl methyl sites for hydroxylation is 3. The molecule has 30 heavy (non-hydrogen) atoms. The summed E-state index contributed by atoms with van der Waals surface area (Å²) in [6.45, 7) is 6.16. The Morgan fingerprint density at radius 2 is 1.63 bits per heavy atom. The maximum atomic E-state index is 13.2. The molecule has 1 aliphatic heterocycles. The topological polar surface area (TPSA) is 66.5 Å². The molecule has 5 nitrogen and oxygen atoms in total. The third-order valence-electron chi connectivity index (χ3n) is 5.33. The molecule has 3 aromatic rings. The molecular weight excluding hydrogens is 396 g/mol. The Morgan fingerprint density at radius 1 is 0.933 bits per heavy atom. The molecule has 1 amide bonds. The van der Waals surface area contributed by atoms with Gasteiger partial charge in [0.05, 0.1) is 4.90 Å². The Kier molecular flexibility index (Phi) is 5.12. The normalized spacial score (nSPS) is 13.2. The molecule has 1 N–H and O–H groups in total. The second-order valence-corrected chi connectivity index (χ2v) is 9.45. The van der Waals surface area contributed by atoms with E-state index in [0.717, 1.165) is 28.8 Å². The minimum Gasteiger partial charge on any atom is -0.308 e. The molecule has 0 saturated carbocycles. The number of benzene rings is 3. The fourth-order valence-electron chi connectivity index (χ4n) is 3.97. The van der Waals surface area contributed by atoms with E-state index in [1.165, 1.54) is 6.07 Å². The van der Waals surface area contributed by atoms with Crippen LogP contribution in [0.5, 0.6) is 0 Å². The van der Waals surface area contributed by atoms with Crippen molar-refractivity contribution in [3.05, 3.63) is 88.5 Å². The Bertz CT molecular complexity index is 1230. The molecule has 0 saturated heterocycles. The Balaban J connectivity index is 1.67. The van der Waals surface area contributed by atoms with E-state index in [1.54, 1.807) is 36.1 Å². The van der Waals surface area contributed by atoms with Crippen molar-refractivity contribution in [1.29, 1.82) is 0 Å². The van der Waals surface area contributed by atoms with Crippen LogP contribution >= 0.6 is 0 Å². The fraction of sp³-hybridized carbons (Fsp3) is 0.208. The van der Waals surface area contributed by atoms with E-state index in [9.17, 15) is 13.2 Å². The number of hydrogen-bond acceptors (Lipinski definition) is 3. The van der Waals surface area contributed by atoms with Gasteiger partial charge >= 0.3 is 0 Å². The average molecular weight is 421 g/mol. The van der Waals surface area contributed by atoms with Gasteiger partial charge in [0.15, 0.2) is 0 Å². The smallest absolute Gasteiger partial charge is 0.262 e. The third kappa shape index (κ3) is 3.83. The number of anilines is 2. The number of nitrogens with zero attached hydrogens (tertiary/aromatic N) is 1. The second kappa shape index (κ2) is 7.61. The highest BCUT2D eigenvalue weighted by molar-refractivity contribution is 7.92. The predicted octanol–water partition coefficient (Wildman–Crippen LogP) is 4.62. The second-order valence-electron chi connectivity index (χ2n) is 7.80. The van der Waals surface area contributed by atoms with Crippen molar-refractivity contribution < 1.29 is 13.2 Å². The number of carbonyl (C=O) groups is 1. The third-order valence-corrected chi connectivity index (χ3v) is 6.85. The van der Waals surface area contributed by atoms with E-state index < -0.39 is 10.0 Å². The lowest BCUT2D eigenvalue weighted by molar-refractivity contribution is 0.0989. The molecule has 0 spiro atoms. The molecule has 0 aliphatic carbocycles. The van der Waals surface area contributed by atoms with Crippen LogP contribution in [0.15, 0.2) is 65.6 Å². The number of amides is 1. The predicted molar refractivity (Wildman–Crippen MR) is 120 cm³/mol. The summed E-state index contributed by atoms with van der Waals surface area (Å²) in [6, 6.07) is 18.2. The molecule has 0 aromatic heterocycles. The molecule has 0 unspecified atom stereocenters. The summed E-state index contributed by atoms with van der Waals surface area (Å²) in [4.78, 5) is 15.0. The van der Waals surface area contributed by atoms with Crippen molar-refractivity contribution >= 4 is 27.3 Å². The van der Waals surface area contributed by atoms with E-state index in [-0.39, 0.29) is 10.8 Å². The van der Waals surface area contributed by atoms with Crippen LogP contribution in [0.4, 0.5) is 11.4 Å². The monoisotopic (exact) mass is 420 g/mol. The lowest BCUT2D eigenvalue weighted by atomic mass is 10.1. The van der Waals surface area contributed by atoms with Crippen LogP contribution in [-0.4, -0.2) is 20.9 Å². The van der Waals surface area contributed by atoms with Gasteiger partial charge in [-0.1, -0.05) is 30.3 Å². The van der Waals surface area contributed by atoms with Crippen LogP contribution in [0.25, 0.3) is 0 Å². The maximum absolute atomic E-state index is 13.2. The van der Waals surface area contributed by atoms with Crippen LogP contribution in [0.1, 0.15) is 32.6 Å². The molecule has 1 aliphatic rings. The van der Waals surface area contributed by atoms with Gasteiger partial charge in [-0.05, 0) is 79.8 Å². The van der Waals surface area contributed by atoms with Gasteiger partial charge in [-0.25, -0.2) is 8.42 Å². The molecule has 1 heterocycles. The first-order valence-corrected chi connectivity index (χ1v) is 11.3. The number of hydrogen-bond donors (Lipinski definition) is 1. The van der Waals surface area contributed by atoms with Gasteiger partial charge in [0.1, 0.15) is 0 Å². The van der Waals surface area contributed by atoms with Crippen molar-refractivity contribution in [2.75, 3.05) is 16.2 Å². The van der Waals surface area contributed by atoms with Gasteiger partial charge in [0, 0.05) is 23.5 Å². The van der Waals surface area contributed by atoms with Crippen molar-refractivity contribution in [3.8, 4) is 0 Å². The van der Waals surface area contributed by atoms with Crippen molar-refractivity contribution in [1.82, 2.24) is 0 Å². The number of nitrogens with one attached hydrogen (secondary N) is 1. The van der Waals surface area contributed by atoms with E-state index in [0.29, 0.717) is 23.4 Å². The van der Waals surface area contributed by atoms with Gasteiger partial charge in [-0.15, -0.1) is 0 Å². The fourth-order valence-corrected chi connectivity index (χ4v) is 5.28. The SMILES string of the molecule is Cc1cc(C)cc(NS(=O)(=O)c2cc(C(=O)N3CCc4ccccc43)ccc2C)c1. The lowest BCUT2D eigenvalue weighted by Crippen LogP contribution is -2.29. The van der Waals surface area contributed by atoms with Gasteiger partial charge < -0.3 is 4.90 Å². The van der Waals surface area contributed by atoms with Crippen LogP contribution in [0, 0.1) is 20.8 Å². The molecule has 0 fully saturated rings. The summed E-state index contributed by atoms with van der Waals surface area (Å²) in [5.74, 6) is -0.192. The molecule has 154 valence electrons. The first-order valence-electron chi connectivity index (χ1n) is 9.86. The minimum atomic E-state index is -3.84. The van der Waals surface area contributed by atoms with Crippen LogP contribution < -0.4 is 9.62 Å². The summed E-state index contributed by atoms with van der Waals surface area (Å²) in [5, 5.41) is 0. The van der Waals surface area contributed by atoms with E-state index in [2.05, 4.69) is 4.72 Å². The Hall–Kier alpha value is -3.12. The van der Waals surface area contributed by atoms with Crippen molar-refractivity contribution in [3.63, 3.8) is 0 Å². The number of para-hydroxylation sites is 1. The lowest BCUT2D eigenvalue weighted by Gasteiger charge is -2.18. The highest BCUT2D eigenvalue weighted by Gasteiger charge is 2.27. The Morgan fingerprint density at radius 3 is 2.37 bits per heavy atom. The van der Waals surface area contributed by atoms with E-state index in [1.807, 2.05) is 44.2 Å². The first-order chi connectivity index (χ1) is 14.2. The Labute approximate surface area is 177 Å². The van der Waals surface area contributed by atoms with Crippen LogP contribution in [-0.2, 0) is 16.4 Å². The molecule has 0 atom stereocenters. The molecule has 0 bridgehead atoms. The zero-order valence-corrected chi connectivity index (χ0v) is 18.1.